The van der Waals surface area contributed by atoms with Crippen LogP contribution in [-0.4, -0.2) is 20.3 Å². The quantitative estimate of drug-likeness (QED) is 0.630. The van der Waals surface area contributed by atoms with Gasteiger partial charge in [-0.3, -0.25) is 0 Å². The van der Waals surface area contributed by atoms with Gasteiger partial charge < -0.3 is 9.47 Å². The molecule has 3 rings (SSSR count). The summed E-state index contributed by atoms with van der Waals surface area (Å²) in [6, 6.07) is 2.03. The van der Waals surface area contributed by atoms with E-state index < -0.39 is 5.54 Å². The second-order valence-corrected chi connectivity index (χ2v) is 5.91. The SMILES string of the molecule is COc1cc(C2(N=C=O)CCC2)c(OC)c2c1CCCC2. The number of methoxy groups -OCH3 is 2. The van der Waals surface area contributed by atoms with Crippen LogP contribution in [0.15, 0.2) is 11.1 Å². The number of carbonyl (C=O) groups excluding carboxylic acids is 1. The molecule has 4 heteroatoms. The monoisotopic (exact) mass is 287 g/mol. The number of rotatable bonds is 4. The highest BCUT2D eigenvalue weighted by Gasteiger charge is 2.42. The van der Waals surface area contributed by atoms with E-state index in [2.05, 4.69) is 4.99 Å². The second kappa shape index (κ2) is 5.53. The fourth-order valence-corrected chi connectivity index (χ4v) is 3.68. The highest BCUT2D eigenvalue weighted by Crippen LogP contribution is 2.51. The minimum Gasteiger partial charge on any atom is -0.496 e. The zero-order valence-corrected chi connectivity index (χ0v) is 12.7. The summed E-state index contributed by atoms with van der Waals surface area (Å²) in [5, 5.41) is 0. The van der Waals surface area contributed by atoms with Gasteiger partial charge in [-0.25, -0.2) is 4.79 Å². The van der Waals surface area contributed by atoms with Gasteiger partial charge in [0.2, 0.25) is 6.08 Å². The van der Waals surface area contributed by atoms with Gasteiger partial charge in [-0.15, -0.1) is 0 Å². The van der Waals surface area contributed by atoms with Crippen molar-refractivity contribution in [2.45, 2.75) is 50.5 Å². The van der Waals surface area contributed by atoms with E-state index in [1.165, 1.54) is 24.0 Å². The molecule has 1 aromatic rings. The first kappa shape index (κ1) is 14.2. The maximum absolute atomic E-state index is 10.9. The average Bonchev–Trinajstić information content (AvgIpc) is 2.49. The largest absolute Gasteiger partial charge is 0.496 e. The minimum atomic E-state index is -0.452. The highest BCUT2D eigenvalue weighted by molar-refractivity contribution is 5.58. The molecule has 4 nitrogen and oxygen atoms in total. The Bertz CT molecular complexity index is 599. The van der Waals surface area contributed by atoms with Crippen molar-refractivity contribution in [1.82, 2.24) is 0 Å². The van der Waals surface area contributed by atoms with Crippen LogP contribution in [0.4, 0.5) is 0 Å². The number of hydrogen-bond donors (Lipinski definition) is 0. The van der Waals surface area contributed by atoms with E-state index in [-0.39, 0.29) is 0 Å². The molecule has 0 aliphatic heterocycles. The van der Waals surface area contributed by atoms with Gasteiger partial charge in [0.25, 0.3) is 0 Å². The van der Waals surface area contributed by atoms with Crippen molar-refractivity contribution in [2.75, 3.05) is 14.2 Å². The summed E-state index contributed by atoms with van der Waals surface area (Å²) in [5.74, 6) is 1.82. The molecule has 0 atom stereocenters. The van der Waals surface area contributed by atoms with Crippen LogP contribution >= 0.6 is 0 Å². The van der Waals surface area contributed by atoms with Crippen LogP contribution in [0.5, 0.6) is 11.5 Å². The lowest BCUT2D eigenvalue weighted by Gasteiger charge is -2.39. The van der Waals surface area contributed by atoms with E-state index in [1.807, 2.05) is 6.07 Å². The van der Waals surface area contributed by atoms with Crippen LogP contribution in [0.25, 0.3) is 0 Å². The molecule has 2 aliphatic carbocycles. The van der Waals surface area contributed by atoms with Crippen molar-refractivity contribution in [3.05, 3.63) is 22.8 Å². The molecule has 1 fully saturated rings. The van der Waals surface area contributed by atoms with Crippen LogP contribution in [0.3, 0.4) is 0 Å². The smallest absolute Gasteiger partial charge is 0.235 e. The predicted octanol–water partition coefficient (Wildman–Crippen LogP) is 3.30. The third kappa shape index (κ3) is 2.14. The third-order valence-electron chi connectivity index (χ3n) is 4.93. The van der Waals surface area contributed by atoms with Crippen molar-refractivity contribution >= 4 is 6.08 Å². The minimum absolute atomic E-state index is 0.452. The van der Waals surface area contributed by atoms with Gasteiger partial charge in [0.1, 0.15) is 17.0 Å². The number of isocyanates is 1. The maximum Gasteiger partial charge on any atom is 0.235 e. The Kier molecular flexibility index (Phi) is 3.73. The Morgan fingerprint density at radius 3 is 2.33 bits per heavy atom. The molecule has 0 N–H and O–H groups in total. The van der Waals surface area contributed by atoms with Gasteiger partial charge in [-0.1, -0.05) is 0 Å². The summed E-state index contributed by atoms with van der Waals surface area (Å²) in [4.78, 5) is 15.0. The lowest BCUT2D eigenvalue weighted by atomic mass is 9.70. The molecule has 1 aromatic carbocycles. The van der Waals surface area contributed by atoms with Gasteiger partial charge in [0.15, 0.2) is 0 Å². The Balaban J connectivity index is 2.22. The van der Waals surface area contributed by atoms with E-state index in [1.54, 1.807) is 20.3 Å². The van der Waals surface area contributed by atoms with E-state index in [4.69, 9.17) is 9.47 Å². The lowest BCUT2D eigenvalue weighted by Crippen LogP contribution is -2.33. The predicted molar refractivity (Wildman–Crippen MR) is 79.8 cm³/mol. The molecule has 1 saturated carbocycles. The van der Waals surface area contributed by atoms with Crippen molar-refractivity contribution < 1.29 is 14.3 Å². The first-order valence-corrected chi connectivity index (χ1v) is 7.62. The number of nitrogens with zero attached hydrogens (tertiary/aromatic N) is 1. The summed E-state index contributed by atoms with van der Waals surface area (Å²) in [6.07, 6.45) is 8.97. The lowest BCUT2D eigenvalue weighted by molar-refractivity contribution is 0.243. The second-order valence-electron chi connectivity index (χ2n) is 5.91. The van der Waals surface area contributed by atoms with Gasteiger partial charge in [0, 0.05) is 16.7 Å². The third-order valence-corrected chi connectivity index (χ3v) is 4.93. The Hall–Kier alpha value is -1.80. The molecular weight excluding hydrogens is 266 g/mol. The van der Waals surface area contributed by atoms with E-state index in [0.717, 1.165) is 49.2 Å². The first-order valence-electron chi connectivity index (χ1n) is 7.62. The van der Waals surface area contributed by atoms with Gasteiger partial charge in [-0.2, -0.15) is 4.99 Å². The Labute approximate surface area is 125 Å². The van der Waals surface area contributed by atoms with E-state index in [9.17, 15) is 4.79 Å². The molecule has 0 radical (unpaired) electrons. The van der Waals surface area contributed by atoms with Crippen LogP contribution in [0, 0.1) is 0 Å². The zero-order chi connectivity index (χ0) is 14.9. The molecule has 0 unspecified atom stereocenters. The highest BCUT2D eigenvalue weighted by atomic mass is 16.5. The number of benzene rings is 1. The molecule has 0 spiro atoms. The molecule has 2 aliphatic rings. The topological polar surface area (TPSA) is 47.9 Å². The number of fused-ring (bicyclic) bond motifs is 1. The molecule has 21 heavy (non-hydrogen) atoms. The summed E-state index contributed by atoms with van der Waals surface area (Å²) in [5.41, 5.74) is 3.05. The van der Waals surface area contributed by atoms with Crippen molar-refractivity contribution in [3.63, 3.8) is 0 Å². The number of ether oxygens (including phenoxy) is 2. The maximum atomic E-state index is 10.9. The van der Waals surface area contributed by atoms with Crippen molar-refractivity contribution in [3.8, 4) is 11.5 Å². The standard InChI is InChI=1S/C17H21NO3/c1-20-15-10-14(17(18-11-19)8-5-9-17)16(21-2)13-7-4-3-6-12(13)15/h10H,3-9H2,1-2H3. The van der Waals surface area contributed by atoms with Crippen LogP contribution in [0.2, 0.25) is 0 Å². The first-order chi connectivity index (χ1) is 10.3. The molecule has 0 amide bonds. The fourth-order valence-electron chi connectivity index (χ4n) is 3.68. The molecule has 0 aromatic heterocycles. The normalized spacial score (nSPS) is 19.0. The molecule has 112 valence electrons. The van der Waals surface area contributed by atoms with Gasteiger partial charge in [0.05, 0.1) is 14.2 Å². The van der Waals surface area contributed by atoms with Crippen molar-refractivity contribution in [1.29, 1.82) is 0 Å². The van der Waals surface area contributed by atoms with E-state index in [0.29, 0.717) is 0 Å². The number of aliphatic imine (C=N–C) groups is 1. The summed E-state index contributed by atoms with van der Waals surface area (Å²) in [6.45, 7) is 0. The molecule has 0 heterocycles. The number of hydrogen-bond acceptors (Lipinski definition) is 4. The average molecular weight is 287 g/mol. The van der Waals surface area contributed by atoms with Crippen LogP contribution < -0.4 is 9.47 Å². The summed E-state index contributed by atoms with van der Waals surface area (Å²) in [7, 11) is 3.41. The van der Waals surface area contributed by atoms with Crippen LogP contribution in [0.1, 0.15) is 48.8 Å². The molecule has 0 bridgehead atoms. The van der Waals surface area contributed by atoms with E-state index >= 15 is 0 Å². The summed E-state index contributed by atoms with van der Waals surface area (Å²) < 4.78 is 11.3. The zero-order valence-electron chi connectivity index (χ0n) is 12.7. The van der Waals surface area contributed by atoms with Crippen molar-refractivity contribution in [2.24, 2.45) is 4.99 Å². The molecule has 0 saturated heterocycles. The molecular formula is C17H21NO3. The van der Waals surface area contributed by atoms with Gasteiger partial charge in [-0.05, 0) is 51.0 Å². The Morgan fingerprint density at radius 2 is 1.81 bits per heavy atom. The Morgan fingerprint density at radius 1 is 1.10 bits per heavy atom. The summed E-state index contributed by atoms with van der Waals surface area (Å²) >= 11 is 0. The fraction of sp³-hybridized carbons (Fsp3) is 0.588. The van der Waals surface area contributed by atoms with Gasteiger partial charge >= 0.3 is 0 Å². The van der Waals surface area contributed by atoms with Crippen LogP contribution in [-0.2, 0) is 23.2 Å².